The first-order valence-corrected chi connectivity index (χ1v) is 6.56. The zero-order valence-electron chi connectivity index (χ0n) is 12.4. The van der Waals surface area contributed by atoms with Crippen LogP contribution in [0.1, 0.15) is 16.8 Å². The minimum Gasteiger partial charge on any atom is -0.454 e. The van der Waals surface area contributed by atoms with Gasteiger partial charge in [0.25, 0.3) is 0 Å². The first-order chi connectivity index (χ1) is 10.0. The van der Waals surface area contributed by atoms with Gasteiger partial charge in [-0.25, -0.2) is 0 Å². The van der Waals surface area contributed by atoms with Crippen molar-refractivity contribution in [3.63, 3.8) is 0 Å². The van der Waals surface area contributed by atoms with E-state index in [2.05, 4.69) is 0 Å². The van der Waals surface area contributed by atoms with Gasteiger partial charge in [0, 0.05) is 30.8 Å². The number of carbonyl (C=O) groups excluding carboxylic acids is 1. The Kier molecular flexibility index (Phi) is 5.00. The van der Waals surface area contributed by atoms with Crippen LogP contribution in [0.2, 0.25) is 0 Å². The predicted octanol–water partition coefficient (Wildman–Crippen LogP) is 1.08. The number of fused-ring (bicyclic) bond motifs is 1. The third-order valence-corrected chi connectivity index (χ3v) is 3.06. The van der Waals surface area contributed by atoms with Crippen LogP contribution in [0, 0.1) is 0 Å². The number of hydrogen-bond acceptors (Lipinski definition) is 7. The van der Waals surface area contributed by atoms with E-state index in [4.69, 9.17) is 24.7 Å². The van der Waals surface area contributed by atoms with Crippen molar-refractivity contribution in [1.82, 2.24) is 4.90 Å². The molecule has 1 aromatic carbocycles. The maximum absolute atomic E-state index is 12.2. The number of nitrogens with zero attached hydrogens (tertiary/aromatic N) is 1. The molecule has 0 aliphatic carbocycles. The Balaban J connectivity index is 1.95. The lowest BCUT2D eigenvalue weighted by molar-refractivity contribution is -0.195. The number of Topliss-reactive ketones (excluding diaryl/α,β-unsaturated/α-hetero) is 1. The molecule has 7 heteroatoms. The average Bonchev–Trinajstić information content (AvgIpc) is 2.89. The number of hydrogen-bond donors (Lipinski definition) is 1. The number of nitrogens with two attached hydrogens (primary N) is 1. The SMILES string of the molecule is COC(OCCC(=O)c1cc2c(cc1N)OCO2)N(C)C. The van der Waals surface area contributed by atoms with Gasteiger partial charge in [-0.2, -0.15) is 0 Å². The molecule has 1 atom stereocenters. The van der Waals surface area contributed by atoms with Gasteiger partial charge in [0.15, 0.2) is 17.3 Å². The normalized spacial score (nSPS) is 14.5. The van der Waals surface area contributed by atoms with Gasteiger partial charge in [-0.1, -0.05) is 0 Å². The fourth-order valence-corrected chi connectivity index (χ4v) is 2.01. The Morgan fingerprint density at radius 2 is 2.05 bits per heavy atom. The van der Waals surface area contributed by atoms with Gasteiger partial charge in [-0.05, 0) is 20.2 Å². The van der Waals surface area contributed by atoms with Crippen LogP contribution in [0.3, 0.4) is 0 Å². The zero-order chi connectivity index (χ0) is 15.4. The topological polar surface area (TPSA) is 83.2 Å². The molecular formula is C14H20N2O5. The van der Waals surface area contributed by atoms with Crippen LogP contribution in [-0.4, -0.2) is 51.7 Å². The van der Waals surface area contributed by atoms with Crippen molar-refractivity contribution in [2.24, 2.45) is 0 Å². The molecule has 1 aliphatic rings. The zero-order valence-corrected chi connectivity index (χ0v) is 12.4. The standard InChI is InChI=1S/C14H20N2O5/c1-16(2)14(18-3)19-5-4-11(17)9-6-12-13(7-10(9)15)21-8-20-12/h6-7,14H,4-5,8,15H2,1-3H3. The Morgan fingerprint density at radius 3 is 2.67 bits per heavy atom. The summed E-state index contributed by atoms with van der Waals surface area (Å²) in [6.45, 7) is 0.386. The molecule has 7 nitrogen and oxygen atoms in total. The van der Waals surface area contributed by atoms with Crippen molar-refractivity contribution in [2.45, 2.75) is 12.8 Å². The van der Waals surface area contributed by atoms with Crippen molar-refractivity contribution in [3.05, 3.63) is 17.7 Å². The second-order valence-corrected chi connectivity index (χ2v) is 4.84. The van der Waals surface area contributed by atoms with Gasteiger partial charge >= 0.3 is 0 Å². The molecule has 0 amide bonds. The lowest BCUT2D eigenvalue weighted by Gasteiger charge is -2.22. The van der Waals surface area contributed by atoms with Crippen molar-refractivity contribution in [3.8, 4) is 11.5 Å². The van der Waals surface area contributed by atoms with Crippen LogP contribution < -0.4 is 15.2 Å². The van der Waals surface area contributed by atoms with Crippen LogP contribution in [-0.2, 0) is 9.47 Å². The van der Waals surface area contributed by atoms with Gasteiger partial charge in [0.2, 0.25) is 13.2 Å². The van der Waals surface area contributed by atoms with Crippen molar-refractivity contribution in [1.29, 1.82) is 0 Å². The highest BCUT2D eigenvalue weighted by Crippen LogP contribution is 2.36. The number of ketones is 1. The van der Waals surface area contributed by atoms with Crippen LogP contribution in [0.25, 0.3) is 0 Å². The fourth-order valence-electron chi connectivity index (χ4n) is 2.01. The summed E-state index contributed by atoms with van der Waals surface area (Å²) in [6, 6.07) is 3.22. The number of methoxy groups -OCH3 is 1. The highest BCUT2D eigenvalue weighted by molar-refractivity contribution is 6.01. The van der Waals surface area contributed by atoms with E-state index in [-0.39, 0.29) is 25.6 Å². The van der Waals surface area contributed by atoms with Crippen LogP contribution in [0.15, 0.2) is 12.1 Å². The second-order valence-electron chi connectivity index (χ2n) is 4.84. The molecule has 1 heterocycles. The summed E-state index contributed by atoms with van der Waals surface area (Å²) in [7, 11) is 5.19. The summed E-state index contributed by atoms with van der Waals surface area (Å²) in [4.78, 5) is 14.0. The molecule has 0 fully saturated rings. The molecule has 2 N–H and O–H groups in total. The highest BCUT2D eigenvalue weighted by Gasteiger charge is 2.20. The number of rotatable bonds is 7. The van der Waals surface area contributed by atoms with Gasteiger partial charge in [-0.3, -0.25) is 9.69 Å². The van der Waals surface area contributed by atoms with E-state index in [1.807, 2.05) is 14.1 Å². The Morgan fingerprint density at radius 1 is 1.38 bits per heavy atom. The van der Waals surface area contributed by atoms with E-state index < -0.39 is 6.41 Å². The molecule has 1 aliphatic heterocycles. The number of nitrogen functional groups attached to an aromatic ring is 1. The van der Waals surface area contributed by atoms with Crippen LogP contribution in [0.4, 0.5) is 5.69 Å². The molecule has 2 rings (SSSR count). The summed E-state index contributed by atoms with van der Waals surface area (Å²) in [6.07, 6.45) is -0.274. The molecular weight excluding hydrogens is 276 g/mol. The lowest BCUT2D eigenvalue weighted by Crippen LogP contribution is -2.33. The molecule has 0 spiro atoms. The first-order valence-electron chi connectivity index (χ1n) is 6.56. The molecule has 0 radical (unpaired) electrons. The summed E-state index contributed by atoms with van der Waals surface area (Å²) < 4.78 is 21.0. The fraction of sp³-hybridized carbons (Fsp3) is 0.500. The first kappa shape index (κ1) is 15.6. The van der Waals surface area contributed by atoms with E-state index in [1.165, 1.54) is 0 Å². The average molecular weight is 296 g/mol. The third kappa shape index (κ3) is 3.63. The largest absolute Gasteiger partial charge is 0.454 e. The summed E-state index contributed by atoms with van der Waals surface area (Å²) in [5.74, 6) is 0.989. The summed E-state index contributed by atoms with van der Waals surface area (Å²) >= 11 is 0. The highest BCUT2D eigenvalue weighted by atomic mass is 16.7. The molecule has 0 bridgehead atoms. The summed E-state index contributed by atoms with van der Waals surface area (Å²) in [5, 5.41) is 0. The third-order valence-electron chi connectivity index (χ3n) is 3.06. The Bertz CT molecular complexity index is 518. The molecule has 0 aromatic heterocycles. The van der Waals surface area contributed by atoms with E-state index in [1.54, 1.807) is 24.1 Å². The number of anilines is 1. The van der Waals surface area contributed by atoms with E-state index >= 15 is 0 Å². The van der Waals surface area contributed by atoms with Crippen LogP contribution >= 0.6 is 0 Å². The molecule has 1 unspecified atom stereocenters. The molecule has 0 saturated heterocycles. The number of ether oxygens (including phenoxy) is 4. The molecule has 21 heavy (non-hydrogen) atoms. The number of carbonyl (C=O) groups is 1. The summed E-state index contributed by atoms with van der Waals surface area (Å²) in [5.41, 5.74) is 6.66. The van der Waals surface area contributed by atoms with E-state index in [0.29, 0.717) is 22.7 Å². The van der Waals surface area contributed by atoms with Gasteiger partial charge < -0.3 is 24.7 Å². The maximum atomic E-state index is 12.2. The van der Waals surface area contributed by atoms with Crippen molar-refractivity contribution >= 4 is 11.5 Å². The minimum atomic E-state index is -0.480. The number of benzene rings is 1. The van der Waals surface area contributed by atoms with E-state index in [0.717, 1.165) is 0 Å². The van der Waals surface area contributed by atoms with Crippen LogP contribution in [0.5, 0.6) is 11.5 Å². The van der Waals surface area contributed by atoms with Gasteiger partial charge in [0.05, 0.1) is 6.61 Å². The Hall–Kier alpha value is -1.83. The predicted molar refractivity (Wildman–Crippen MR) is 76.4 cm³/mol. The maximum Gasteiger partial charge on any atom is 0.231 e. The second kappa shape index (κ2) is 6.75. The van der Waals surface area contributed by atoms with E-state index in [9.17, 15) is 4.79 Å². The quantitative estimate of drug-likeness (QED) is 0.458. The van der Waals surface area contributed by atoms with Crippen molar-refractivity contribution in [2.75, 3.05) is 40.3 Å². The van der Waals surface area contributed by atoms with Gasteiger partial charge in [-0.15, -0.1) is 0 Å². The van der Waals surface area contributed by atoms with Crippen molar-refractivity contribution < 1.29 is 23.7 Å². The monoisotopic (exact) mass is 296 g/mol. The molecule has 116 valence electrons. The lowest BCUT2D eigenvalue weighted by atomic mass is 10.1. The molecule has 1 aromatic rings. The Labute approximate surface area is 123 Å². The van der Waals surface area contributed by atoms with Gasteiger partial charge in [0.1, 0.15) is 0 Å². The molecule has 0 saturated carbocycles. The smallest absolute Gasteiger partial charge is 0.231 e. The minimum absolute atomic E-state index is 0.112.